The van der Waals surface area contributed by atoms with Crippen LogP contribution in [0.5, 0.6) is 0 Å². The lowest BCUT2D eigenvalue weighted by Gasteiger charge is -2.07. The summed E-state index contributed by atoms with van der Waals surface area (Å²) in [6.45, 7) is -0.248. The number of sulfonamides is 1. The maximum Gasteiger partial charge on any atom is 0.321 e. The Balaban J connectivity index is 1.78. The fraction of sp³-hybridized carbons (Fsp3) is 0.188. The number of benzene rings is 2. The van der Waals surface area contributed by atoms with Gasteiger partial charge in [-0.15, -0.1) is 0 Å². The summed E-state index contributed by atoms with van der Waals surface area (Å²) in [5, 5.41) is 0. The van der Waals surface area contributed by atoms with E-state index < -0.39 is 16.0 Å². The van der Waals surface area contributed by atoms with Crippen LogP contribution in [0.15, 0.2) is 60.7 Å². The lowest BCUT2D eigenvalue weighted by Crippen LogP contribution is -2.31. The molecule has 0 amide bonds. The van der Waals surface area contributed by atoms with Crippen LogP contribution >= 0.6 is 0 Å². The number of hydrogen-bond donors (Lipinski definition) is 1. The van der Waals surface area contributed by atoms with Gasteiger partial charge >= 0.3 is 5.97 Å². The summed E-state index contributed by atoms with van der Waals surface area (Å²) in [6.07, 6.45) is 0. The maximum absolute atomic E-state index is 11.9. The molecule has 0 spiro atoms. The highest BCUT2D eigenvalue weighted by molar-refractivity contribution is 7.88. The minimum absolute atomic E-state index is 0.125. The van der Waals surface area contributed by atoms with E-state index in [1.807, 2.05) is 36.4 Å². The lowest BCUT2D eigenvalue weighted by molar-refractivity contribution is -0.143. The van der Waals surface area contributed by atoms with E-state index in [1.165, 1.54) is 0 Å². The zero-order chi connectivity index (χ0) is 15.8. The molecule has 5 nitrogen and oxygen atoms in total. The van der Waals surface area contributed by atoms with Crippen molar-refractivity contribution in [3.63, 3.8) is 0 Å². The van der Waals surface area contributed by atoms with Crippen LogP contribution < -0.4 is 4.72 Å². The molecule has 0 radical (unpaired) electrons. The number of carbonyl (C=O) groups is 1. The molecule has 116 valence electrons. The van der Waals surface area contributed by atoms with E-state index >= 15 is 0 Å². The third-order valence-corrected chi connectivity index (χ3v) is 4.18. The zero-order valence-corrected chi connectivity index (χ0v) is 12.8. The van der Waals surface area contributed by atoms with Crippen LogP contribution in [-0.4, -0.2) is 20.9 Å². The van der Waals surface area contributed by atoms with E-state index in [4.69, 9.17) is 4.74 Å². The fourth-order valence-electron chi connectivity index (χ4n) is 1.80. The average Bonchev–Trinajstić information content (AvgIpc) is 2.53. The van der Waals surface area contributed by atoms with Crippen molar-refractivity contribution in [1.82, 2.24) is 4.72 Å². The van der Waals surface area contributed by atoms with E-state index in [-0.39, 0.29) is 18.9 Å². The smallest absolute Gasteiger partial charge is 0.321 e. The lowest BCUT2D eigenvalue weighted by atomic mass is 10.2. The summed E-state index contributed by atoms with van der Waals surface area (Å²) in [5.74, 6) is -0.778. The summed E-state index contributed by atoms with van der Waals surface area (Å²) in [7, 11) is -3.56. The topological polar surface area (TPSA) is 72.5 Å². The molecule has 6 heteroatoms. The van der Waals surface area contributed by atoms with Gasteiger partial charge in [-0.1, -0.05) is 60.7 Å². The van der Waals surface area contributed by atoms with Gasteiger partial charge in [0, 0.05) is 0 Å². The van der Waals surface area contributed by atoms with Gasteiger partial charge in [0.05, 0.1) is 5.75 Å². The number of carbonyl (C=O) groups excluding carboxylic acids is 1. The van der Waals surface area contributed by atoms with Crippen molar-refractivity contribution >= 4 is 16.0 Å². The van der Waals surface area contributed by atoms with Gasteiger partial charge in [0.1, 0.15) is 13.2 Å². The molecule has 0 aliphatic carbocycles. The van der Waals surface area contributed by atoms with Crippen LogP contribution in [0, 0.1) is 0 Å². The highest BCUT2D eigenvalue weighted by Crippen LogP contribution is 2.04. The van der Waals surface area contributed by atoms with Gasteiger partial charge < -0.3 is 4.74 Å². The third kappa shape index (κ3) is 5.67. The van der Waals surface area contributed by atoms with Gasteiger partial charge in [-0.25, -0.2) is 13.1 Å². The molecule has 0 aliphatic heterocycles. The molecule has 0 bridgehead atoms. The Kier molecular flexibility index (Phi) is 5.68. The van der Waals surface area contributed by atoms with Crippen LogP contribution in [0.1, 0.15) is 11.1 Å². The highest BCUT2D eigenvalue weighted by Gasteiger charge is 2.14. The molecule has 2 aromatic rings. The van der Waals surface area contributed by atoms with E-state index in [0.29, 0.717) is 5.56 Å². The second kappa shape index (κ2) is 7.72. The van der Waals surface area contributed by atoms with Gasteiger partial charge in [-0.05, 0) is 11.1 Å². The largest absolute Gasteiger partial charge is 0.460 e. The van der Waals surface area contributed by atoms with Crippen LogP contribution in [-0.2, 0) is 31.9 Å². The van der Waals surface area contributed by atoms with E-state index in [2.05, 4.69) is 4.72 Å². The van der Waals surface area contributed by atoms with Crippen LogP contribution in [0.25, 0.3) is 0 Å². The predicted molar refractivity (Wildman–Crippen MR) is 83.3 cm³/mol. The van der Waals surface area contributed by atoms with Crippen molar-refractivity contribution in [3.05, 3.63) is 71.8 Å². The van der Waals surface area contributed by atoms with Crippen molar-refractivity contribution in [2.24, 2.45) is 0 Å². The minimum Gasteiger partial charge on any atom is -0.460 e. The highest BCUT2D eigenvalue weighted by atomic mass is 32.2. The molecule has 2 aromatic carbocycles. The molecular weight excluding hydrogens is 302 g/mol. The Bertz CT molecular complexity index is 699. The van der Waals surface area contributed by atoms with Crippen molar-refractivity contribution in [3.8, 4) is 0 Å². The standard InChI is InChI=1S/C16H17NO4S/c18-16(21-12-14-7-3-1-4-8-14)11-17-22(19,20)13-15-9-5-2-6-10-15/h1-10,17H,11-13H2. The molecule has 0 fully saturated rings. The van der Waals surface area contributed by atoms with Crippen LogP contribution in [0.2, 0.25) is 0 Å². The van der Waals surface area contributed by atoms with Gasteiger partial charge in [-0.3, -0.25) is 4.79 Å². The molecule has 0 heterocycles. The van der Waals surface area contributed by atoms with E-state index in [1.54, 1.807) is 24.3 Å². The second-order valence-corrected chi connectivity index (χ2v) is 6.52. The number of rotatable bonds is 7. The van der Waals surface area contributed by atoms with Gasteiger partial charge in [-0.2, -0.15) is 0 Å². The van der Waals surface area contributed by atoms with Gasteiger partial charge in [0.2, 0.25) is 10.0 Å². The average molecular weight is 319 g/mol. The molecule has 1 N–H and O–H groups in total. The Morgan fingerprint density at radius 3 is 2.05 bits per heavy atom. The Morgan fingerprint density at radius 2 is 1.45 bits per heavy atom. The van der Waals surface area contributed by atoms with Gasteiger partial charge in [0.15, 0.2) is 0 Å². The zero-order valence-electron chi connectivity index (χ0n) is 11.9. The van der Waals surface area contributed by atoms with Gasteiger partial charge in [0.25, 0.3) is 0 Å². The molecule has 0 atom stereocenters. The summed E-state index contributed by atoms with van der Waals surface area (Å²) in [4.78, 5) is 11.6. The quantitative estimate of drug-likeness (QED) is 0.791. The predicted octanol–water partition coefficient (Wildman–Crippen LogP) is 1.85. The normalized spacial score (nSPS) is 11.1. The fourth-order valence-corrected chi connectivity index (χ4v) is 2.87. The first-order valence-electron chi connectivity index (χ1n) is 6.76. The number of ether oxygens (including phenoxy) is 1. The Morgan fingerprint density at radius 1 is 0.909 bits per heavy atom. The number of nitrogens with one attached hydrogen (secondary N) is 1. The van der Waals surface area contributed by atoms with Crippen molar-refractivity contribution < 1.29 is 17.9 Å². The molecule has 22 heavy (non-hydrogen) atoms. The van der Waals surface area contributed by atoms with Crippen molar-refractivity contribution in [2.45, 2.75) is 12.4 Å². The Labute approximate surface area is 130 Å². The molecule has 0 aromatic heterocycles. The summed E-state index contributed by atoms with van der Waals surface area (Å²) < 4.78 is 31.0. The number of esters is 1. The van der Waals surface area contributed by atoms with E-state index in [0.717, 1.165) is 5.56 Å². The third-order valence-electron chi connectivity index (χ3n) is 2.88. The van der Waals surface area contributed by atoms with Crippen molar-refractivity contribution in [1.29, 1.82) is 0 Å². The number of hydrogen-bond acceptors (Lipinski definition) is 4. The first-order valence-corrected chi connectivity index (χ1v) is 8.41. The second-order valence-electron chi connectivity index (χ2n) is 4.71. The molecule has 0 saturated heterocycles. The van der Waals surface area contributed by atoms with Crippen LogP contribution in [0.4, 0.5) is 0 Å². The summed E-state index contributed by atoms with van der Waals surface area (Å²) in [5.41, 5.74) is 1.51. The SMILES string of the molecule is O=C(CNS(=O)(=O)Cc1ccccc1)OCc1ccccc1. The first-order chi connectivity index (χ1) is 10.6. The molecule has 0 saturated carbocycles. The van der Waals surface area contributed by atoms with E-state index in [9.17, 15) is 13.2 Å². The minimum atomic E-state index is -3.56. The molecular formula is C16H17NO4S. The summed E-state index contributed by atoms with van der Waals surface area (Å²) >= 11 is 0. The molecule has 2 rings (SSSR count). The molecule has 0 unspecified atom stereocenters. The molecule has 0 aliphatic rings. The van der Waals surface area contributed by atoms with Crippen LogP contribution in [0.3, 0.4) is 0 Å². The monoisotopic (exact) mass is 319 g/mol. The van der Waals surface area contributed by atoms with Crippen molar-refractivity contribution in [2.75, 3.05) is 6.54 Å². The maximum atomic E-state index is 11.9. The Hall–Kier alpha value is -2.18. The first kappa shape index (κ1) is 16.2. The summed E-state index contributed by atoms with van der Waals surface area (Å²) in [6, 6.07) is 18.0.